The topological polar surface area (TPSA) is 43.1 Å². The molecule has 50 heavy (non-hydrogen) atoms. The summed E-state index contributed by atoms with van der Waals surface area (Å²) < 4.78 is 2.12. The number of nitrogens with zero attached hydrogens (tertiary/aromatic N) is 4. The van der Waals surface area contributed by atoms with E-state index in [4.69, 9.17) is 15.1 Å². The van der Waals surface area contributed by atoms with Gasteiger partial charge in [0.1, 0.15) is 0 Å². The van der Waals surface area contributed by atoms with Crippen LogP contribution in [0.5, 0.6) is 0 Å². The molecular formula is C46H32N4. The van der Waals surface area contributed by atoms with Gasteiger partial charge < -0.3 is 0 Å². The first-order valence-electron chi connectivity index (χ1n) is 16.9. The Morgan fingerprint density at radius 2 is 0.920 bits per heavy atom. The second-order valence-electron chi connectivity index (χ2n) is 12.6. The van der Waals surface area contributed by atoms with E-state index in [2.05, 4.69) is 151 Å². The van der Waals surface area contributed by atoms with E-state index in [0.29, 0.717) is 5.82 Å². The molecule has 9 aromatic rings. The zero-order valence-electron chi connectivity index (χ0n) is 27.5. The fourth-order valence-electron chi connectivity index (χ4n) is 6.90. The second kappa shape index (κ2) is 12.4. The third-order valence-corrected chi connectivity index (χ3v) is 9.36. The summed E-state index contributed by atoms with van der Waals surface area (Å²) in [6, 6.07) is 61.4. The van der Waals surface area contributed by atoms with Crippen LogP contribution in [0.2, 0.25) is 0 Å². The second-order valence-corrected chi connectivity index (χ2v) is 12.6. The highest BCUT2D eigenvalue weighted by molar-refractivity contribution is 6.07. The molecule has 0 spiro atoms. The van der Waals surface area contributed by atoms with Crippen molar-refractivity contribution in [1.82, 2.24) is 19.6 Å². The van der Waals surface area contributed by atoms with Gasteiger partial charge >= 0.3 is 0 Å². The highest BCUT2D eigenvalue weighted by Gasteiger charge is 2.19. The van der Waals surface area contributed by atoms with Crippen molar-refractivity contribution in [2.75, 3.05) is 0 Å². The number of aryl methyl sites for hydroxylation is 1. The van der Waals surface area contributed by atoms with Crippen LogP contribution in [0.3, 0.4) is 0 Å². The van der Waals surface area contributed by atoms with Gasteiger partial charge in [-0.3, -0.25) is 0 Å². The van der Waals surface area contributed by atoms with Crippen LogP contribution in [0, 0.1) is 6.92 Å². The number of hydrogen-bond acceptors (Lipinski definition) is 3. The van der Waals surface area contributed by atoms with Gasteiger partial charge in [-0.2, -0.15) is 5.10 Å². The van der Waals surface area contributed by atoms with E-state index in [-0.39, 0.29) is 0 Å². The molecule has 236 valence electrons. The summed E-state index contributed by atoms with van der Waals surface area (Å²) >= 11 is 0. The van der Waals surface area contributed by atoms with Gasteiger partial charge in [0.05, 0.1) is 28.3 Å². The highest BCUT2D eigenvalue weighted by Crippen LogP contribution is 2.38. The van der Waals surface area contributed by atoms with Gasteiger partial charge in [-0.1, -0.05) is 158 Å². The summed E-state index contributed by atoms with van der Waals surface area (Å²) in [5.41, 5.74) is 13.9. The first-order chi connectivity index (χ1) is 24.7. The minimum atomic E-state index is 0.714. The van der Waals surface area contributed by atoms with Gasteiger partial charge in [-0.25, -0.2) is 14.5 Å². The smallest absolute Gasteiger partial charge is 0.160 e. The normalized spacial score (nSPS) is 11.3. The average molecular weight is 641 g/mol. The van der Waals surface area contributed by atoms with Gasteiger partial charge in [-0.15, -0.1) is 0 Å². The molecule has 0 aliphatic rings. The molecule has 0 saturated heterocycles. The van der Waals surface area contributed by atoms with E-state index in [9.17, 15) is 0 Å². The molecular weight excluding hydrogens is 609 g/mol. The van der Waals surface area contributed by atoms with Crippen LogP contribution in [0.4, 0.5) is 0 Å². The Balaban J connectivity index is 1.16. The van der Waals surface area contributed by atoms with E-state index < -0.39 is 0 Å². The van der Waals surface area contributed by atoms with Gasteiger partial charge in [0.2, 0.25) is 0 Å². The number of aromatic nitrogens is 4. The SMILES string of the molecule is Cc1nn2c(-c3ccccc3)cc3cc(-c4ccc(-c5cc(-c6ccccc6)nc(-c6ccccc6)n5)cc4)ccc3c2c1-c1ccccc1. The van der Waals surface area contributed by atoms with Crippen LogP contribution in [0.1, 0.15) is 5.69 Å². The Bertz CT molecular complexity index is 2550. The molecule has 3 aromatic heterocycles. The summed E-state index contributed by atoms with van der Waals surface area (Å²) in [5, 5.41) is 7.44. The van der Waals surface area contributed by atoms with E-state index in [1.54, 1.807) is 0 Å². The van der Waals surface area contributed by atoms with Crippen molar-refractivity contribution in [3.63, 3.8) is 0 Å². The monoisotopic (exact) mass is 640 g/mol. The molecule has 0 N–H and O–H groups in total. The highest BCUT2D eigenvalue weighted by atomic mass is 15.2. The number of fused-ring (bicyclic) bond motifs is 3. The van der Waals surface area contributed by atoms with Gasteiger partial charge in [0.25, 0.3) is 0 Å². The van der Waals surface area contributed by atoms with E-state index in [1.165, 1.54) is 21.9 Å². The zero-order valence-corrected chi connectivity index (χ0v) is 27.5. The van der Waals surface area contributed by atoms with Gasteiger partial charge in [-0.05, 0) is 47.2 Å². The lowest BCUT2D eigenvalue weighted by Gasteiger charge is -2.13. The Kier molecular flexibility index (Phi) is 7.33. The molecule has 6 aromatic carbocycles. The van der Waals surface area contributed by atoms with Crippen LogP contribution in [-0.2, 0) is 0 Å². The lowest BCUT2D eigenvalue weighted by Crippen LogP contribution is -1.96. The predicted molar refractivity (Wildman–Crippen MR) is 206 cm³/mol. The molecule has 3 heterocycles. The first kappa shape index (κ1) is 29.5. The molecule has 0 aliphatic heterocycles. The lowest BCUT2D eigenvalue weighted by molar-refractivity contribution is 0.946. The largest absolute Gasteiger partial charge is 0.232 e. The maximum absolute atomic E-state index is 5.09. The summed E-state index contributed by atoms with van der Waals surface area (Å²) in [7, 11) is 0. The van der Waals surface area contributed by atoms with Crippen molar-refractivity contribution in [3.8, 4) is 67.4 Å². The van der Waals surface area contributed by atoms with E-state index >= 15 is 0 Å². The number of pyridine rings is 1. The molecule has 0 amide bonds. The molecule has 0 aliphatic carbocycles. The van der Waals surface area contributed by atoms with E-state index in [0.717, 1.165) is 61.7 Å². The maximum Gasteiger partial charge on any atom is 0.160 e. The zero-order chi connectivity index (χ0) is 33.4. The molecule has 0 saturated carbocycles. The molecule has 0 unspecified atom stereocenters. The van der Waals surface area contributed by atoms with Crippen LogP contribution >= 0.6 is 0 Å². The summed E-state index contributed by atoms with van der Waals surface area (Å²) in [6.45, 7) is 2.11. The Morgan fingerprint density at radius 3 is 1.54 bits per heavy atom. The van der Waals surface area contributed by atoms with Crippen LogP contribution in [-0.4, -0.2) is 19.6 Å². The van der Waals surface area contributed by atoms with Crippen molar-refractivity contribution in [1.29, 1.82) is 0 Å². The third-order valence-electron chi connectivity index (χ3n) is 9.36. The summed E-state index contributed by atoms with van der Waals surface area (Å²) in [4.78, 5) is 9.98. The number of benzene rings is 6. The molecule has 0 atom stereocenters. The first-order valence-corrected chi connectivity index (χ1v) is 16.9. The molecule has 4 nitrogen and oxygen atoms in total. The fourth-order valence-corrected chi connectivity index (χ4v) is 6.90. The quantitative estimate of drug-likeness (QED) is 0.182. The van der Waals surface area contributed by atoms with Crippen LogP contribution in [0.25, 0.3) is 83.7 Å². The summed E-state index contributed by atoms with van der Waals surface area (Å²) in [6.07, 6.45) is 0. The fraction of sp³-hybridized carbons (Fsp3) is 0.0217. The lowest BCUT2D eigenvalue weighted by atomic mass is 9.96. The van der Waals surface area contributed by atoms with E-state index in [1.807, 2.05) is 36.4 Å². The summed E-state index contributed by atoms with van der Waals surface area (Å²) in [5.74, 6) is 0.714. The molecule has 0 fully saturated rings. The van der Waals surface area contributed by atoms with Crippen molar-refractivity contribution in [2.45, 2.75) is 6.92 Å². The molecule has 9 rings (SSSR count). The predicted octanol–water partition coefficient (Wildman–Crippen LogP) is 11.6. The number of rotatable bonds is 6. The third kappa shape index (κ3) is 5.33. The minimum Gasteiger partial charge on any atom is -0.232 e. The molecule has 0 radical (unpaired) electrons. The average Bonchev–Trinajstić information content (AvgIpc) is 3.55. The van der Waals surface area contributed by atoms with Crippen molar-refractivity contribution in [3.05, 3.63) is 182 Å². The maximum atomic E-state index is 5.09. The van der Waals surface area contributed by atoms with Gasteiger partial charge in [0.15, 0.2) is 5.82 Å². The van der Waals surface area contributed by atoms with Crippen LogP contribution in [0.15, 0.2) is 176 Å². The Labute approximate surface area is 291 Å². The number of hydrogen-bond donors (Lipinski definition) is 0. The Morgan fingerprint density at radius 1 is 0.420 bits per heavy atom. The van der Waals surface area contributed by atoms with Crippen LogP contribution < -0.4 is 0 Å². The van der Waals surface area contributed by atoms with Gasteiger partial charge in [0, 0.05) is 33.2 Å². The van der Waals surface area contributed by atoms with Crippen molar-refractivity contribution < 1.29 is 0 Å². The van der Waals surface area contributed by atoms with Crippen molar-refractivity contribution in [2.24, 2.45) is 0 Å². The minimum absolute atomic E-state index is 0.714. The molecule has 4 heteroatoms. The van der Waals surface area contributed by atoms with Crippen molar-refractivity contribution >= 4 is 16.3 Å². The Hall–Kier alpha value is -6.65. The standard InChI is InChI=1S/C46H32N4/c1-31-44(36-18-10-4-11-19-36)45-40-27-26-38(28-39(40)29-43(50(45)49-31)35-16-8-3-9-17-35)32-22-24-34(25-23-32)42-30-41(33-14-6-2-7-15-33)47-46(48-42)37-20-12-5-13-21-37/h2-30H,1H3. The molecule has 0 bridgehead atoms.